The van der Waals surface area contributed by atoms with Crippen LogP contribution in [-0.4, -0.2) is 23.0 Å². The second kappa shape index (κ2) is 4.58. The lowest BCUT2D eigenvalue weighted by Crippen LogP contribution is -2.35. The smallest absolute Gasteiger partial charge is 0.236 e. The number of thioether (sulfide) groups is 1. The Morgan fingerprint density at radius 3 is 2.78 bits per heavy atom. The maximum Gasteiger partial charge on any atom is 0.236 e. The van der Waals surface area contributed by atoms with Gasteiger partial charge in [0, 0.05) is 0 Å². The highest BCUT2D eigenvalue weighted by Crippen LogP contribution is 1.88. The fourth-order valence-corrected chi connectivity index (χ4v) is 0.753. The number of amides is 1. The van der Waals surface area contributed by atoms with Crippen molar-refractivity contribution in [2.45, 2.75) is 0 Å². The van der Waals surface area contributed by atoms with Crippen molar-refractivity contribution in [2.24, 2.45) is 5.73 Å². The fraction of sp³-hybridized carbons (Fsp3) is 0.500. The number of carbonyl (C=O) groups excluding carboxylic acids is 1. The Bertz CT molecular complexity index is 126. The molecule has 0 aliphatic carbocycles. The minimum atomic E-state index is -0.144. The van der Waals surface area contributed by atoms with Crippen molar-refractivity contribution in [1.29, 1.82) is 0 Å². The second-order valence-electron chi connectivity index (χ2n) is 1.35. The molecule has 52 valence electrons. The van der Waals surface area contributed by atoms with Gasteiger partial charge in [-0.15, -0.1) is 0 Å². The maximum absolute atomic E-state index is 10.6. The van der Waals surface area contributed by atoms with Gasteiger partial charge in [-0.3, -0.25) is 4.79 Å². The predicted octanol–water partition coefficient (Wildman–Crippen LogP) is -0.291. The van der Waals surface area contributed by atoms with Crippen LogP contribution < -0.4 is 11.1 Å². The molecule has 0 fully saturated rings. The van der Waals surface area contributed by atoms with Crippen LogP contribution in [0.25, 0.3) is 0 Å². The van der Waals surface area contributed by atoms with Crippen molar-refractivity contribution >= 4 is 35.0 Å². The van der Waals surface area contributed by atoms with E-state index in [4.69, 9.17) is 5.73 Å². The van der Waals surface area contributed by atoms with Gasteiger partial charge in [0.2, 0.25) is 5.91 Å². The number of hydrogen-bond acceptors (Lipinski definition) is 3. The lowest BCUT2D eigenvalue weighted by molar-refractivity contribution is -0.117. The molecule has 0 aromatic heterocycles. The van der Waals surface area contributed by atoms with Crippen molar-refractivity contribution in [3.63, 3.8) is 0 Å². The molecule has 0 aliphatic rings. The zero-order valence-electron chi connectivity index (χ0n) is 5.01. The Labute approximate surface area is 63.4 Å². The van der Waals surface area contributed by atoms with Crippen molar-refractivity contribution in [1.82, 2.24) is 5.32 Å². The first kappa shape index (κ1) is 8.71. The first-order valence-electron chi connectivity index (χ1n) is 2.25. The van der Waals surface area contributed by atoms with Gasteiger partial charge in [0.1, 0.15) is 0 Å². The molecule has 9 heavy (non-hydrogen) atoms. The Morgan fingerprint density at radius 2 is 2.44 bits per heavy atom. The van der Waals surface area contributed by atoms with E-state index in [1.165, 1.54) is 11.8 Å². The van der Waals surface area contributed by atoms with E-state index in [1.807, 2.05) is 6.26 Å². The van der Waals surface area contributed by atoms with E-state index in [0.717, 1.165) is 0 Å². The normalized spacial score (nSPS) is 8.56. The minimum absolute atomic E-state index is 0.0362. The van der Waals surface area contributed by atoms with Crippen LogP contribution in [0.5, 0.6) is 0 Å². The highest BCUT2D eigenvalue weighted by molar-refractivity contribution is 7.99. The third kappa shape index (κ3) is 5.58. The predicted molar refractivity (Wildman–Crippen MR) is 43.3 cm³/mol. The van der Waals surface area contributed by atoms with Gasteiger partial charge in [-0.1, -0.05) is 0 Å². The van der Waals surface area contributed by atoms with Crippen LogP contribution in [0.15, 0.2) is 0 Å². The van der Waals surface area contributed by atoms with Crippen LogP contribution in [0.4, 0.5) is 0 Å². The molecule has 3 nitrogen and oxygen atoms in total. The lowest BCUT2D eigenvalue weighted by atomic mass is 10.7. The molecular weight excluding hydrogens is 156 g/mol. The Kier molecular flexibility index (Phi) is 4.43. The molecule has 0 aromatic rings. The molecule has 0 saturated carbocycles. The molecule has 0 atom stereocenters. The molecule has 0 saturated heterocycles. The number of nitrogens with one attached hydrogen (secondary N) is 1. The molecular formula is C4H8N2OS2. The summed E-state index contributed by atoms with van der Waals surface area (Å²) >= 11 is 5.85. The summed E-state index contributed by atoms with van der Waals surface area (Å²) in [6.07, 6.45) is 1.83. The van der Waals surface area contributed by atoms with Crippen molar-refractivity contribution in [3.05, 3.63) is 0 Å². The molecule has 1 amide bonds. The van der Waals surface area contributed by atoms with E-state index in [9.17, 15) is 4.79 Å². The van der Waals surface area contributed by atoms with E-state index in [2.05, 4.69) is 17.5 Å². The topological polar surface area (TPSA) is 55.1 Å². The largest absolute Gasteiger partial charge is 0.376 e. The number of hydrogen-bond donors (Lipinski definition) is 2. The highest BCUT2D eigenvalue weighted by Gasteiger charge is 1.97. The van der Waals surface area contributed by atoms with Gasteiger partial charge in [0.05, 0.1) is 5.75 Å². The molecule has 0 unspecified atom stereocenters. The molecule has 0 spiro atoms. The van der Waals surface area contributed by atoms with Crippen LogP contribution >= 0.6 is 24.0 Å². The van der Waals surface area contributed by atoms with E-state index < -0.39 is 0 Å². The van der Waals surface area contributed by atoms with Gasteiger partial charge in [0.25, 0.3) is 0 Å². The molecule has 0 bridgehead atoms. The quantitative estimate of drug-likeness (QED) is 0.551. The minimum Gasteiger partial charge on any atom is -0.376 e. The van der Waals surface area contributed by atoms with Gasteiger partial charge in [-0.2, -0.15) is 11.8 Å². The first-order valence-corrected chi connectivity index (χ1v) is 4.05. The summed E-state index contributed by atoms with van der Waals surface area (Å²) in [5.74, 6) is 0.257. The number of thiocarbonyl (C=S) groups is 1. The fourth-order valence-electron chi connectivity index (χ4n) is 0.305. The molecule has 5 heteroatoms. The SMILES string of the molecule is CSCC(=O)NC(N)=S. The lowest BCUT2D eigenvalue weighted by Gasteiger charge is -1.97. The van der Waals surface area contributed by atoms with Gasteiger partial charge in [0.15, 0.2) is 5.11 Å². The van der Waals surface area contributed by atoms with Crippen molar-refractivity contribution < 1.29 is 4.79 Å². The van der Waals surface area contributed by atoms with E-state index in [0.29, 0.717) is 5.75 Å². The third-order valence-corrected chi connectivity index (χ3v) is 1.19. The number of rotatable bonds is 2. The van der Waals surface area contributed by atoms with Crippen LogP contribution in [0.2, 0.25) is 0 Å². The zero-order valence-corrected chi connectivity index (χ0v) is 6.64. The maximum atomic E-state index is 10.6. The molecule has 0 radical (unpaired) electrons. The summed E-state index contributed by atoms with van der Waals surface area (Å²) in [5.41, 5.74) is 5.01. The molecule has 3 N–H and O–H groups in total. The van der Waals surface area contributed by atoms with Gasteiger partial charge < -0.3 is 11.1 Å². The highest BCUT2D eigenvalue weighted by atomic mass is 32.2. The average Bonchev–Trinajstić information content (AvgIpc) is 1.63. The summed E-state index contributed by atoms with van der Waals surface area (Å²) < 4.78 is 0. The van der Waals surface area contributed by atoms with Gasteiger partial charge >= 0.3 is 0 Å². The zero-order chi connectivity index (χ0) is 7.28. The van der Waals surface area contributed by atoms with Crippen LogP contribution in [0, 0.1) is 0 Å². The molecule has 0 heterocycles. The monoisotopic (exact) mass is 164 g/mol. The van der Waals surface area contributed by atoms with Crippen LogP contribution in [-0.2, 0) is 4.79 Å². The van der Waals surface area contributed by atoms with Crippen LogP contribution in [0.1, 0.15) is 0 Å². The summed E-state index contributed by atoms with van der Waals surface area (Å²) in [6, 6.07) is 0. The second-order valence-corrected chi connectivity index (χ2v) is 2.65. The summed E-state index contributed by atoms with van der Waals surface area (Å²) in [6.45, 7) is 0. The van der Waals surface area contributed by atoms with Crippen molar-refractivity contribution in [2.75, 3.05) is 12.0 Å². The summed E-state index contributed by atoms with van der Waals surface area (Å²) in [4.78, 5) is 10.6. The van der Waals surface area contributed by atoms with E-state index in [1.54, 1.807) is 0 Å². The Hall–Kier alpha value is -0.290. The Morgan fingerprint density at radius 1 is 1.89 bits per heavy atom. The van der Waals surface area contributed by atoms with Crippen molar-refractivity contribution in [3.8, 4) is 0 Å². The van der Waals surface area contributed by atoms with Crippen LogP contribution in [0.3, 0.4) is 0 Å². The Balaban J connectivity index is 3.39. The van der Waals surface area contributed by atoms with E-state index in [-0.39, 0.29) is 11.0 Å². The average molecular weight is 164 g/mol. The standard InChI is InChI=1S/C4H8N2OS2/c1-9-2-3(7)6-4(5)8/h2H2,1H3,(H3,5,6,7,8). The first-order chi connectivity index (χ1) is 4.16. The molecule has 0 aromatic carbocycles. The van der Waals surface area contributed by atoms with Gasteiger partial charge in [-0.25, -0.2) is 0 Å². The third-order valence-electron chi connectivity index (χ3n) is 0.538. The summed E-state index contributed by atoms with van der Waals surface area (Å²) in [7, 11) is 0. The molecule has 0 aliphatic heterocycles. The number of carbonyl (C=O) groups is 1. The molecule has 0 rings (SSSR count). The van der Waals surface area contributed by atoms with Gasteiger partial charge in [-0.05, 0) is 18.5 Å². The number of nitrogens with two attached hydrogens (primary N) is 1. The van der Waals surface area contributed by atoms with E-state index >= 15 is 0 Å². The summed E-state index contributed by atoms with van der Waals surface area (Å²) in [5, 5.41) is 2.33.